The zero-order valence-electron chi connectivity index (χ0n) is 10.1. The lowest BCUT2D eigenvalue weighted by Gasteiger charge is -2.02. The van der Waals surface area contributed by atoms with Gasteiger partial charge in [0.25, 0.3) is 0 Å². The van der Waals surface area contributed by atoms with Gasteiger partial charge in [-0.25, -0.2) is 4.68 Å². The van der Waals surface area contributed by atoms with Gasteiger partial charge in [-0.05, 0) is 37.6 Å². The second-order valence-corrected chi connectivity index (χ2v) is 4.08. The van der Waals surface area contributed by atoms with Crippen LogP contribution in [0.4, 0.5) is 5.69 Å². The number of nitrogens with zero attached hydrogens (tertiary/aromatic N) is 2. The summed E-state index contributed by atoms with van der Waals surface area (Å²) in [4.78, 5) is 0. The highest BCUT2D eigenvalue weighted by molar-refractivity contribution is 5.43. The quantitative estimate of drug-likeness (QED) is 0.772. The Labute approximate surface area is 101 Å². The van der Waals surface area contributed by atoms with E-state index in [1.54, 1.807) is 0 Å². The van der Waals surface area contributed by atoms with E-state index in [2.05, 4.69) is 29.5 Å². The van der Waals surface area contributed by atoms with E-state index in [0.29, 0.717) is 6.54 Å². The highest BCUT2D eigenvalue weighted by Gasteiger charge is 2.00. The maximum atomic E-state index is 5.44. The average molecular weight is 230 g/mol. The summed E-state index contributed by atoms with van der Waals surface area (Å²) in [6.07, 6.45) is 4.79. The number of rotatable bonds is 5. The monoisotopic (exact) mass is 230 g/mol. The van der Waals surface area contributed by atoms with Crippen LogP contribution in [0.3, 0.4) is 0 Å². The molecule has 2 rings (SSSR count). The van der Waals surface area contributed by atoms with E-state index < -0.39 is 0 Å². The van der Waals surface area contributed by atoms with E-state index in [4.69, 9.17) is 5.73 Å². The van der Waals surface area contributed by atoms with Gasteiger partial charge in [-0.3, -0.25) is 0 Å². The molecular weight excluding hydrogens is 212 g/mol. The van der Waals surface area contributed by atoms with Crippen LogP contribution in [0.2, 0.25) is 0 Å². The van der Waals surface area contributed by atoms with Gasteiger partial charge in [-0.15, -0.1) is 0 Å². The van der Waals surface area contributed by atoms with E-state index in [1.807, 2.05) is 29.2 Å². The maximum absolute atomic E-state index is 5.44. The predicted octanol–water partition coefficient (Wildman–Crippen LogP) is 1.94. The standard InChI is InChI=1S/C13H18N4/c1-11-4-2-5-13(8-11)17-10-12(9-16-17)15-7-3-6-14/h2,4-5,8-10,15H,3,6-7,14H2,1H3. The van der Waals surface area contributed by atoms with Crippen molar-refractivity contribution >= 4 is 5.69 Å². The van der Waals surface area contributed by atoms with Crippen molar-refractivity contribution in [1.29, 1.82) is 0 Å². The van der Waals surface area contributed by atoms with Crippen molar-refractivity contribution in [2.24, 2.45) is 5.73 Å². The summed E-state index contributed by atoms with van der Waals surface area (Å²) in [7, 11) is 0. The second-order valence-electron chi connectivity index (χ2n) is 4.08. The van der Waals surface area contributed by atoms with Crippen LogP contribution in [0.25, 0.3) is 5.69 Å². The highest BCUT2D eigenvalue weighted by Crippen LogP contribution is 2.12. The Morgan fingerprint density at radius 2 is 2.29 bits per heavy atom. The smallest absolute Gasteiger partial charge is 0.0731 e. The molecule has 2 aromatic rings. The van der Waals surface area contributed by atoms with Crippen molar-refractivity contribution in [1.82, 2.24) is 9.78 Å². The van der Waals surface area contributed by atoms with Crippen LogP contribution in [0.5, 0.6) is 0 Å². The van der Waals surface area contributed by atoms with E-state index in [-0.39, 0.29) is 0 Å². The Morgan fingerprint density at radius 3 is 3.06 bits per heavy atom. The molecule has 1 aromatic carbocycles. The highest BCUT2D eigenvalue weighted by atomic mass is 15.3. The molecule has 0 radical (unpaired) electrons. The molecular formula is C13H18N4. The third kappa shape index (κ3) is 3.07. The van der Waals surface area contributed by atoms with E-state index in [1.165, 1.54) is 5.56 Å². The Bertz CT molecular complexity index is 476. The summed E-state index contributed by atoms with van der Waals surface area (Å²) >= 11 is 0. The van der Waals surface area contributed by atoms with Gasteiger partial charge >= 0.3 is 0 Å². The first-order valence-corrected chi connectivity index (χ1v) is 5.85. The number of nitrogens with two attached hydrogens (primary N) is 1. The van der Waals surface area contributed by atoms with Gasteiger partial charge in [-0.1, -0.05) is 12.1 Å². The fourth-order valence-electron chi connectivity index (χ4n) is 1.66. The number of nitrogens with one attached hydrogen (secondary N) is 1. The van der Waals surface area contributed by atoms with Crippen LogP contribution in [-0.4, -0.2) is 22.9 Å². The first kappa shape index (κ1) is 11.7. The molecule has 4 heteroatoms. The second kappa shape index (κ2) is 5.50. The Balaban J connectivity index is 2.07. The molecule has 1 heterocycles. The molecule has 0 aliphatic carbocycles. The third-order valence-corrected chi connectivity index (χ3v) is 2.56. The molecule has 0 aliphatic heterocycles. The minimum absolute atomic E-state index is 0.707. The average Bonchev–Trinajstić information content (AvgIpc) is 2.78. The lowest BCUT2D eigenvalue weighted by molar-refractivity contribution is 0.872. The Morgan fingerprint density at radius 1 is 1.41 bits per heavy atom. The molecule has 3 N–H and O–H groups in total. The fraction of sp³-hybridized carbons (Fsp3) is 0.308. The fourth-order valence-corrected chi connectivity index (χ4v) is 1.66. The third-order valence-electron chi connectivity index (χ3n) is 2.56. The molecule has 0 amide bonds. The zero-order chi connectivity index (χ0) is 12.1. The molecule has 0 saturated carbocycles. The van der Waals surface area contributed by atoms with Gasteiger partial charge < -0.3 is 11.1 Å². The normalized spacial score (nSPS) is 10.5. The van der Waals surface area contributed by atoms with Crippen molar-refractivity contribution in [3.05, 3.63) is 42.2 Å². The number of aromatic nitrogens is 2. The number of hydrogen-bond acceptors (Lipinski definition) is 3. The van der Waals surface area contributed by atoms with Gasteiger partial charge in [0, 0.05) is 6.54 Å². The van der Waals surface area contributed by atoms with Crippen LogP contribution >= 0.6 is 0 Å². The summed E-state index contributed by atoms with van der Waals surface area (Å²) in [5.74, 6) is 0. The van der Waals surface area contributed by atoms with E-state index in [0.717, 1.165) is 24.3 Å². The van der Waals surface area contributed by atoms with Gasteiger partial charge in [0.1, 0.15) is 0 Å². The minimum Gasteiger partial charge on any atom is -0.382 e. The molecule has 0 fully saturated rings. The summed E-state index contributed by atoms with van der Waals surface area (Å²) in [5.41, 5.74) is 8.78. The number of benzene rings is 1. The number of hydrogen-bond donors (Lipinski definition) is 2. The van der Waals surface area contributed by atoms with Crippen molar-refractivity contribution in [2.75, 3.05) is 18.4 Å². The lowest BCUT2D eigenvalue weighted by atomic mass is 10.2. The van der Waals surface area contributed by atoms with Gasteiger partial charge in [0.05, 0.1) is 23.8 Å². The molecule has 0 atom stereocenters. The first-order chi connectivity index (χ1) is 8.29. The molecule has 17 heavy (non-hydrogen) atoms. The van der Waals surface area contributed by atoms with Crippen molar-refractivity contribution in [2.45, 2.75) is 13.3 Å². The number of anilines is 1. The molecule has 90 valence electrons. The van der Waals surface area contributed by atoms with Crippen molar-refractivity contribution in [3.63, 3.8) is 0 Å². The van der Waals surface area contributed by atoms with E-state index >= 15 is 0 Å². The summed E-state index contributed by atoms with van der Waals surface area (Å²) in [6.45, 7) is 3.67. The predicted molar refractivity (Wildman–Crippen MR) is 70.5 cm³/mol. The molecule has 0 aliphatic rings. The zero-order valence-corrected chi connectivity index (χ0v) is 10.1. The summed E-state index contributed by atoms with van der Waals surface area (Å²) in [6, 6.07) is 8.27. The molecule has 0 spiro atoms. The van der Waals surface area contributed by atoms with Crippen LogP contribution in [0.1, 0.15) is 12.0 Å². The van der Waals surface area contributed by atoms with Crippen LogP contribution in [0, 0.1) is 6.92 Å². The first-order valence-electron chi connectivity index (χ1n) is 5.85. The van der Waals surface area contributed by atoms with Crippen molar-refractivity contribution < 1.29 is 0 Å². The van der Waals surface area contributed by atoms with Crippen LogP contribution < -0.4 is 11.1 Å². The largest absolute Gasteiger partial charge is 0.382 e. The van der Waals surface area contributed by atoms with Gasteiger partial charge in [0.2, 0.25) is 0 Å². The van der Waals surface area contributed by atoms with Crippen molar-refractivity contribution in [3.8, 4) is 5.69 Å². The molecule has 1 aromatic heterocycles. The molecule has 0 unspecified atom stereocenters. The molecule has 0 bridgehead atoms. The Kier molecular flexibility index (Phi) is 3.77. The molecule has 0 saturated heterocycles. The molecule has 4 nitrogen and oxygen atoms in total. The maximum Gasteiger partial charge on any atom is 0.0731 e. The summed E-state index contributed by atoms with van der Waals surface area (Å²) < 4.78 is 1.87. The summed E-state index contributed by atoms with van der Waals surface area (Å²) in [5, 5.41) is 7.62. The SMILES string of the molecule is Cc1cccc(-n2cc(NCCCN)cn2)c1. The topological polar surface area (TPSA) is 55.9 Å². The minimum atomic E-state index is 0.707. The lowest BCUT2D eigenvalue weighted by Crippen LogP contribution is -2.07. The van der Waals surface area contributed by atoms with E-state index in [9.17, 15) is 0 Å². The Hall–Kier alpha value is -1.81. The van der Waals surface area contributed by atoms with Gasteiger partial charge in [-0.2, -0.15) is 5.10 Å². The number of aryl methyl sites for hydroxylation is 1. The van der Waals surface area contributed by atoms with Crippen LogP contribution in [-0.2, 0) is 0 Å². The van der Waals surface area contributed by atoms with Crippen LogP contribution in [0.15, 0.2) is 36.7 Å². The van der Waals surface area contributed by atoms with Gasteiger partial charge in [0.15, 0.2) is 0 Å².